The Bertz CT molecular complexity index is 663. The second-order valence-corrected chi connectivity index (χ2v) is 4.19. The minimum Gasteiger partial charge on any atom is -0.361 e. The third-order valence-corrected chi connectivity index (χ3v) is 2.78. The number of benzene rings is 1. The smallest absolute Gasteiger partial charge is 0.251 e. The SMILES string of the molecule is CC(Nc1nc(F)c(F)cc1F)c1ccc(C#N)cc1. The Balaban J connectivity index is 2.21. The highest BCUT2D eigenvalue weighted by atomic mass is 19.2. The third-order valence-electron chi connectivity index (χ3n) is 2.78. The van der Waals surface area contributed by atoms with Gasteiger partial charge in [-0.25, -0.2) is 8.78 Å². The largest absolute Gasteiger partial charge is 0.361 e. The lowest BCUT2D eigenvalue weighted by Gasteiger charge is -2.15. The normalized spacial score (nSPS) is 11.8. The van der Waals surface area contributed by atoms with Gasteiger partial charge in [-0.05, 0) is 24.6 Å². The molecule has 1 aromatic carbocycles. The van der Waals surface area contributed by atoms with E-state index in [1.54, 1.807) is 31.2 Å². The van der Waals surface area contributed by atoms with Gasteiger partial charge >= 0.3 is 0 Å². The summed E-state index contributed by atoms with van der Waals surface area (Å²) < 4.78 is 39.2. The molecule has 0 aliphatic rings. The molecule has 1 N–H and O–H groups in total. The molecule has 0 radical (unpaired) electrons. The molecule has 0 spiro atoms. The van der Waals surface area contributed by atoms with Crippen molar-refractivity contribution in [2.24, 2.45) is 0 Å². The van der Waals surface area contributed by atoms with E-state index < -0.39 is 17.6 Å². The molecule has 2 rings (SSSR count). The van der Waals surface area contributed by atoms with Gasteiger partial charge in [0.2, 0.25) is 0 Å². The molecule has 0 aliphatic carbocycles. The number of nitrogens with zero attached hydrogens (tertiary/aromatic N) is 2. The molecule has 0 aliphatic heterocycles. The third kappa shape index (κ3) is 2.88. The van der Waals surface area contributed by atoms with E-state index in [4.69, 9.17) is 5.26 Å². The van der Waals surface area contributed by atoms with Gasteiger partial charge in [0.15, 0.2) is 17.5 Å². The lowest BCUT2D eigenvalue weighted by molar-refractivity contribution is 0.465. The molecule has 2 aromatic rings. The van der Waals surface area contributed by atoms with E-state index in [0.717, 1.165) is 5.56 Å². The summed E-state index contributed by atoms with van der Waals surface area (Å²) in [6.07, 6.45) is 0. The Kier molecular flexibility index (Phi) is 3.89. The number of hydrogen-bond donors (Lipinski definition) is 1. The van der Waals surface area contributed by atoms with Gasteiger partial charge < -0.3 is 5.32 Å². The molecular weight excluding hydrogens is 267 g/mol. The minimum atomic E-state index is -1.36. The topological polar surface area (TPSA) is 48.7 Å². The van der Waals surface area contributed by atoms with Crippen LogP contribution in [-0.4, -0.2) is 4.98 Å². The van der Waals surface area contributed by atoms with Crippen LogP contribution in [-0.2, 0) is 0 Å². The predicted octanol–water partition coefficient (Wildman–Crippen LogP) is 3.54. The summed E-state index contributed by atoms with van der Waals surface area (Å²) in [6.45, 7) is 1.71. The number of pyridine rings is 1. The monoisotopic (exact) mass is 277 g/mol. The average molecular weight is 277 g/mol. The molecule has 1 atom stereocenters. The maximum atomic E-state index is 13.5. The Hall–Kier alpha value is -2.55. The van der Waals surface area contributed by atoms with Crippen LogP contribution < -0.4 is 5.32 Å². The first-order chi connectivity index (χ1) is 9.51. The van der Waals surface area contributed by atoms with Gasteiger partial charge in [0.05, 0.1) is 17.7 Å². The van der Waals surface area contributed by atoms with Crippen molar-refractivity contribution in [3.63, 3.8) is 0 Å². The highest BCUT2D eigenvalue weighted by Crippen LogP contribution is 2.21. The number of anilines is 1. The Labute approximate surface area is 113 Å². The molecule has 1 heterocycles. The summed E-state index contributed by atoms with van der Waals surface area (Å²) in [4.78, 5) is 3.19. The molecule has 0 bridgehead atoms. The van der Waals surface area contributed by atoms with Crippen molar-refractivity contribution >= 4 is 5.82 Å². The average Bonchev–Trinajstić information content (AvgIpc) is 2.44. The summed E-state index contributed by atoms with van der Waals surface area (Å²) in [7, 11) is 0. The van der Waals surface area contributed by atoms with E-state index >= 15 is 0 Å². The van der Waals surface area contributed by atoms with Crippen LogP contribution in [0.2, 0.25) is 0 Å². The predicted molar refractivity (Wildman–Crippen MR) is 67.3 cm³/mol. The molecule has 20 heavy (non-hydrogen) atoms. The van der Waals surface area contributed by atoms with Crippen LogP contribution in [0.4, 0.5) is 19.0 Å². The number of nitriles is 1. The molecular formula is C14H10F3N3. The van der Waals surface area contributed by atoms with E-state index in [2.05, 4.69) is 10.3 Å². The summed E-state index contributed by atoms with van der Waals surface area (Å²) in [5, 5.41) is 11.3. The van der Waals surface area contributed by atoms with E-state index in [0.29, 0.717) is 11.6 Å². The number of halogens is 3. The van der Waals surface area contributed by atoms with Crippen LogP contribution in [0.5, 0.6) is 0 Å². The zero-order chi connectivity index (χ0) is 14.7. The minimum absolute atomic E-state index is 0.360. The fourth-order valence-corrected chi connectivity index (χ4v) is 1.68. The van der Waals surface area contributed by atoms with Crippen LogP contribution in [0.25, 0.3) is 0 Å². The van der Waals surface area contributed by atoms with E-state index in [-0.39, 0.29) is 11.9 Å². The second kappa shape index (κ2) is 5.61. The van der Waals surface area contributed by atoms with Gasteiger partial charge in [-0.1, -0.05) is 12.1 Å². The fourth-order valence-electron chi connectivity index (χ4n) is 1.68. The molecule has 1 unspecified atom stereocenters. The molecule has 0 saturated carbocycles. The highest BCUT2D eigenvalue weighted by Gasteiger charge is 2.14. The fraction of sp³-hybridized carbons (Fsp3) is 0.143. The van der Waals surface area contributed by atoms with Crippen LogP contribution in [0, 0.1) is 28.9 Å². The van der Waals surface area contributed by atoms with Gasteiger partial charge in [0.1, 0.15) is 0 Å². The van der Waals surface area contributed by atoms with Gasteiger partial charge in [0, 0.05) is 6.07 Å². The van der Waals surface area contributed by atoms with E-state index in [1.165, 1.54) is 0 Å². The van der Waals surface area contributed by atoms with E-state index in [1.807, 2.05) is 6.07 Å². The number of nitrogens with one attached hydrogen (secondary N) is 1. The second-order valence-electron chi connectivity index (χ2n) is 4.19. The van der Waals surface area contributed by atoms with Gasteiger partial charge in [0.25, 0.3) is 5.95 Å². The lowest BCUT2D eigenvalue weighted by atomic mass is 10.1. The first-order valence-electron chi connectivity index (χ1n) is 5.79. The van der Waals surface area contributed by atoms with Crippen molar-refractivity contribution in [3.8, 4) is 6.07 Å². The zero-order valence-electron chi connectivity index (χ0n) is 10.5. The summed E-state index contributed by atoms with van der Waals surface area (Å²) in [5.41, 5.74) is 1.26. The maximum Gasteiger partial charge on any atom is 0.251 e. The van der Waals surface area contributed by atoms with Crippen molar-refractivity contribution in [2.45, 2.75) is 13.0 Å². The molecule has 0 amide bonds. The quantitative estimate of drug-likeness (QED) is 0.873. The highest BCUT2D eigenvalue weighted by molar-refractivity contribution is 5.41. The van der Waals surface area contributed by atoms with Crippen molar-refractivity contribution < 1.29 is 13.2 Å². The lowest BCUT2D eigenvalue weighted by Crippen LogP contribution is -2.11. The van der Waals surface area contributed by atoms with Gasteiger partial charge in [-0.3, -0.25) is 0 Å². The summed E-state index contributed by atoms with van der Waals surface area (Å²) in [6, 6.07) is 8.65. The number of hydrogen-bond acceptors (Lipinski definition) is 3. The first-order valence-corrected chi connectivity index (χ1v) is 5.79. The standard InChI is InChI=1S/C14H10F3N3/c1-8(10-4-2-9(7-18)3-5-10)19-14-12(16)6-11(15)13(17)20-14/h2-6,8H,1H3,(H,19,20). The van der Waals surface area contributed by atoms with E-state index in [9.17, 15) is 13.2 Å². The van der Waals surface area contributed by atoms with Crippen molar-refractivity contribution in [1.82, 2.24) is 4.98 Å². The van der Waals surface area contributed by atoms with Crippen LogP contribution >= 0.6 is 0 Å². The molecule has 6 heteroatoms. The number of rotatable bonds is 3. The molecule has 102 valence electrons. The molecule has 1 aromatic heterocycles. The Morgan fingerprint density at radius 1 is 1.15 bits per heavy atom. The maximum absolute atomic E-state index is 13.5. The summed E-state index contributed by atoms with van der Waals surface area (Å²) >= 11 is 0. The van der Waals surface area contributed by atoms with Crippen LogP contribution in [0.15, 0.2) is 30.3 Å². The molecule has 0 saturated heterocycles. The van der Waals surface area contributed by atoms with Crippen LogP contribution in [0.3, 0.4) is 0 Å². The van der Waals surface area contributed by atoms with Gasteiger partial charge in [-0.15, -0.1) is 0 Å². The van der Waals surface area contributed by atoms with Crippen molar-refractivity contribution in [1.29, 1.82) is 5.26 Å². The Morgan fingerprint density at radius 3 is 2.40 bits per heavy atom. The van der Waals surface area contributed by atoms with Crippen molar-refractivity contribution in [3.05, 3.63) is 59.0 Å². The number of aromatic nitrogens is 1. The molecule has 0 fully saturated rings. The van der Waals surface area contributed by atoms with Crippen LogP contribution in [0.1, 0.15) is 24.1 Å². The van der Waals surface area contributed by atoms with Gasteiger partial charge in [-0.2, -0.15) is 14.6 Å². The zero-order valence-corrected chi connectivity index (χ0v) is 10.5. The summed E-state index contributed by atoms with van der Waals surface area (Å²) in [5.74, 6) is -4.02. The first kappa shape index (κ1) is 13.9. The van der Waals surface area contributed by atoms with Crippen molar-refractivity contribution in [2.75, 3.05) is 5.32 Å². The molecule has 3 nitrogen and oxygen atoms in total. The Morgan fingerprint density at radius 2 is 1.80 bits per heavy atom.